The number of hydrogen-bond acceptors (Lipinski definition) is 22. The van der Waals surface area contributed by atoms with Crippen molar-refractivity contribution < 1.29 is 172 Å². The van der Waals surface area contributed by atoms with Crippen molar-refractivity contribution in [2.24, 2.45) is 0 Å². The molecule has 36 heteroatoms. The normalized spacial score (nSPS) is 17.0. The number of rotatable bonds is 0. The van der Waals surface area contributed by atoms with E-state index in [1.54, 1.807) is 0 Å². The second-order valence-electron chi connectivity index (χ2n) is 7.83. The van der Waals surface area contributed by atoms with Crippen LogP contribution in [-0.4, -0.2) is 202 Å². The maximum absolute atomic E-state index is 8.63. The third kappa shape index (κ3) is 169. The Morgan fingerprint density at radius 3 is 0.321 bits per heavy atom. The molecular formula is C20H56Ni2O30S4+4. The van der Waals surface area contributed by atoms with E-state index in [2.05, 4.69) is 0 Å². The molecule has 0 bridgehead atoms. The van der Waals surface area contributed by atoms with Gasteiger partial charge in [-0.3, -0.25) is 18.2 Å². The van der Waals surface area contributed by atoms with E-state index in [1.807, 2.05) is 0 Å². The molecule has 0 aliphatic carbocycles. The summed E-state index contributed by atoms with van der Waals surface area (Å²) in [4.78, 5) is 0. The molecule has 2 rings (SSSR count). The molecule has 56 heavy (non-hydrogen) atoms. The van der Waals surface area contributed by atoms with Gasteiger partial charge in [0.05, 0.1) is 132 Å². The molecule has 356 valence electrons. The van der Waals surface area contributed by atoms with E-state index in [4.69, 9.17) is 117 Å². The van der Waals surface area contributed by atoms with Gasteiger partial charge in [-0.05, 0) is 0 Å². The van der Waals surface area contributed by atoms with Crippen molar-refractivity contribution >= 4 is 41.6 Å². The van der Waals surface area contributed by atoms with Gasteiger partial charge in [0, 0.05) is 0 Å². The summed E-state index contributed by atoms with van der Waals surface area (Å²) in [7, 11) is -19.7. The Hall–Kier alpha value is -0.0930. The molecule has 0 spiro atoms. The molecule has 0 aromatic heterocycles. The molecule has 0 aromatic rings. The first-order chi connectivity index (χ1) is 23.0. The van der Waals surface area contributed by atoms with Crippen LogP contribution in [0.1, 0.15) is 0 Å². The van der Waals surface area contributed by atoms with E-state index in [0.29, 0.717) is 132 Å². The summed E-state index contributed by atoms with van der Waals surface area (Å²) in [6.07, 6.45) is 0. The average molecular weight is 1020 g/mol. The average Bonchev–Trinajstić information content (AvgIpc) is 2.94. The second-order valence-corrected chi connectivity index (χ2v) is 11.3. The Balaban J connectivity index is -0.0000000601. The van der Waals surface area contributed by atoms with Crippen LogP contribution in [0.25, 0.3) is 0 Å². The first-order valence-electron chi connectivity index (χ1n) is 13.5. The summed E-state index contributed by atoms with van der Waals surface area (Å²) < 4.78 is 184. The molecule has 0 unspecified atom stereocenters. The second kappa shape index (κ2) is 54.9. The van der Waals surface area contributed by atoms with Gasteiger partial charge in [-0.25, -0.2) is 33.7 Å². The Labute approximate surface area is 344 Å². The van der Waals surface area contributed by atoms with Crippen molar-refractivity contribution in [3.8, 4) is 0 Å². The summed E-state index contributed by atoms with van der Waals surface area (Å²) in [5.74, 6) is 0. The quantitative estimate of drug-likeness (QED) is 0.0758. The van der Waals surface area contributed by atoms with Gasteiger partial charge >= 0.3 is 33.0 Å². The van der Waals surface area contributed by atoms with Crippen molar-refractivity contribution in [3.63, 3.8) is 0 Å². The number of ether oxygens (including phenoxy) is 10. The monoisotopic (exact) mass is 1020 g/mol. The minimum Gasteiger partial charge on any atom is -0.726 e. The van der Waals surface area contributed by atoms with Crippen molar-refractivity contribution in [3.05, 3.63) is 0 Å². The van der Waals surface area contributed by atoms with E-state index >= 15 is 0 Å². The fourth-order valence-corrected chi connectivity index (χ4v) is 2.20. The topological polar surface area (TPSA) is 534 Å². The van der Waals surface area contributed by atoms with Crippen LogP contribution < -0.4 is 0 Å². The van der Waals surface area contributed by atoms with E-state index in [9.17, 15) is 0 Å². The first-order valence-corrected chi connectivity index (χ1v) is 19.0. The Bertz CT molecular complexity index is 847. The van der Waals surface area contributed by atoms with Gasteiger partial charge < -0.3 is 87.5 Å². The summed E-state index contributed by atoms with van der Waals surface area (Å²) in [5, 5.41) is 0. The van der Waals surface area contributed by atoms with Crippen LogP contribution >= 0.6 is 0 Å². The zero-order valence-corrected chi connectivity index (χ0v) is 34.7. The Morgan fingerprint density at radius 1 is 0.250 bits per heavy atom. The summed E-state index contributed by atoms with van der Waals surface area (Å²) >= 11 is 0. The molecule has 0 saturated carbocycles. The van der Waals surface area contributed by atoms with Crippen molar-refractivity contribution in [1.29, 1.82) is 0 Å². The van der Waals surface area contributed by atoms with E-state index < -0.39 is 41.6 Å². The standard InChI is InChI=1S/2C10H20O5.2Ni.4H2O4S.4H2O/c2*1-2-12-5-6-14-9-10-15-8-7-13-4-3-11-1;;;4*1-5(2,3)4;;;;/h2*1-10H2;;;4*(H2,1,2,3,4);4*1H2/q;;2*+2;;;;;;;;. The molecule has 16 N–H and O–H groups in total. The minimum atomic E-state index is -4.92. The van der Waals surface area contributed by atoms with Crippen LogP contribution in [0, 0.1) is 0 Å². The molecule has 0 amide bonds. The Kier molecular flexibility index (Phi) is 78.4. The summed E-state index contributed by atoms with van der Waals surface area (Å²) in [6.45, 7) is 12.2. The van der Waals surface area contributed by atoms with E-state index in [1.165, 1.54) is 0 Å². The van der Waals surface area contributed by atoms with Crippen molar-refractivity contribution in [2.45, 2.75) is 0 Å². The van der Waals surface area contributed by atoms with Crippen LogP contribution in [-0.2, 0) is 144 Å². The van der Waals surface area contributed by atoms with Gasteiger partial charge in [0.1, 0.15) is 0 Å². The van der Waals surface area contributed by atoms with Gasteiger partial charge in [0.25, 0.3) is 0 Å². The third-order valence-corrected chi connectivity index (χ3v) is 3.72. The molecule has 2 heterocycles. The molecule has 2 aliphatic heterocycles. The molecule has 30 nitrogen and oxygen atoms in total. The summed E-state index contributed by atoms with van der Waals surface area (Å²) in [6, 6.07) is 0. The SMILES string of the molecule is C1COCCOCCOCCOCCO1.C1COCCOCCOCCOCCO1.O=S(=O)([O-])O.O=S(=O)([O-])O.O=S(=O)([O-])O.O=S(=O)([O-])O.[Ni+2].[Ni+2].[OH3+].[OH3+].[OH3+].[OH3+]. The molecule has 2 saturated heterocycles. The molecule has 2 aliphatic rings. The van der Waals surface area contributed by atoms with Crippen LogP contribution in [0.4, 0.5) is 0 Å². The molecule has 0 radical (unpaired) electrons. The number of hydrogen-bond donors (Lipinski definition) is 4. The van der Waals surface area contributed by atoms with Crippen LogP contribution in [0.5, 0.6) is 0 Å². The molecule has 0 aromatic carbocycles. The zero-order valence-electron chi connectivity index (χ0n) is 29.5. The van der Waals surface area contributed by atoms with Gasteiger partial charge in [-0.2, -0.15) is 0 Å². The third-order valence-electron chi connectivity index (χ3n) is 3.72. The molecular weight excluding hydrogens is 966 g/mol. The maximum atomic E-state index is 8.63. The molecule has 2 fully saturated rings. The zero-order chi connectivity index (χ0) is 39.2. The van der Waals surface area contributed by atoms with Gasteiger partial charge in [0.2, 0.25) is 41.6 Å². The minimum absolute atomic E-state index is 0. The fourth-order valence-electron chi connectivity index (χ4n) is 2.20. The first kappa shape index (κ1) is 80.0. The smallest absolute Gasteiger partial charge is 0.726 e. The van der Waals surface area contributed by atoms with E-state index in [0.717, 1.165) is 0 Å². The van der Waals surface area contributed by atoms with Crippen molar-refractivity contribution in [2.75, 3.05) is 132 Å². The summed E-state index contributed by atoms with van der Waals surface area (Å²) in [5.41, 5.74) is 0. The van der Waals surface area contributed by atoms with Gasteiger partial charge in [0.15, 0.2) is 0 Å². The van der Waals surface area contributed by atoms with Crippen molar-refractivity contribution in [1.82, 2.24) is 0 Å². The molecule has 0 atom stereocenters. The van der Waals surface area contributed by atoms with Gasteiger partial charge in [-0.1, -0.05) is 0 Å². The van der Waals surface area contributed by atoms with Crippen LogP contribution in [0.2, 0.25) is 0 Å². The Morgan fingerprint density at radius 2 is 0.286 bits per heavy atom. The maximum Gasteiger partial charge on any atom is 2.00 e. The van der Waals surface area contributed by atoms with Crippen LogP contribution in [0.15, 0.2) is 0 Å². The largest absolute Gasteiger partial charge is 2.00 e. The predicted molar refractivity (Wildman–Crippen MR) is 177 cm³/mol. The van der Waals surface area contributed by atoms with Gasteiger partial charge in [-0.15, -0.1) is 0 Å². The van der Waals surface area contributed by atoms with E-state index in [-0.39, 0.29) is 54.9 Å². The predicted octanol–water partition coefficient (Wildman–Crippen LogP) is -7.51. The van der Waals surface area contributed by atoms with Crippen LogP contribution in [0.3, 0.4) is 0 Å². The fraction of sp³-hybridized carbons (Fsp3) is 1.00.